The van der Waals surface area contributed by atoms with Gasteiger partial charge in [-0.1, -0.05) is 35.2 Å². The van der Waals surface area contributed by atoms with Crippen LogP contribution < -0.4 is 5.73 Å². The number of fused-ring (bicyclic) bond motifs is 3. The molecule has 4 aromatic heterocycles. The fraction of sp³-hybridized carbons (Fsp3) is 0.176. The molecule has 0 aliphatic carbocycles. The van der Waals surface area contributed by atoms with E-state index in [0.29, 0.717) is 22.0 Å². The van der Waals surface area contributed by atoms with Crippen LogP contribution in [0.15, 0.2) is 34.1 Å². The molecule has 0 unspecified atom stereocenters. The molecule has 0 aliphatic heterocycles. The molecule has 5 aromatic rings. The van der Waals surface area contributed by atoms with E-state index in [1.54, 1.807) is 6.92 Å². The van der Waals surface area contributed by atoms with E-state index >= 15 is 0 Å². The standard InChI is InChI=1S/C17H14N10O3S/c1-2-29-16(28)12-10(27(26-22-12)15-13(18)24-30-25-15)7-31-17-20-14-11(21-23-17)8-5-3-4-6-9(8)19-14/h3-6H,2,7H2,1H3,(H2,18,24)(H,19,20,23). The average molecular weight is 438 g/mol. The zero-order chi connectivity index (χ0) is 21.4. The predicted molar refractivity (Wildman–Crippen MR) is 108 cm³/mol. The van der Waals surface area contributed by atoms with Crippen LogP contribution >= 0.6 is 11.8 Å². The van der Waals surface area contributed by atoms with Crippen molar-refractivity contribution in [1.82, 2.24) is 45.5 Å². The Labute approximate surface area is 177 Å². The van der Waals surface area contributed by atoms with Crippen LogP contribution in [-0.2, 0) is 10.5 Å². The van der Waals surface area contributed by atoms with Gasteiger partial charge in [-0.05, 0) is 23.3 Å². The van der Waals surface area contributed by atoms with E-state index in [1.165, 1.54) is 16.4 Å². The summed E-state index contributed by atoms with van der Waals surface area (Å²) in [6, 6.07) is 7.74. The number of hydrogen-bond donors (Lipinski definition) is 2. The highest BCUT2D eigenvalue weighted by atomic mass is 32.2. The summed E-state index contributed by atoms with van der Waals surface area (Å²) in [5.41, 5.74) is 8.39. The highest BCUT2D eigenvalue weighted by Crippen LogP contribution is 2.26. The Morgan fingerprint density at radius 1 is 1.26 bits per heavy atom. The Morgan fingerprint density at radius 3 is 2.94 bits per heavy atom. The molecular formula is C17H14N10O3S. The molecule has 4 heterocycles. The lowest BCUT2D eigenvalue weighted by Gasteiger charge is -2.05. The van der Waals surface area contributed by atoms with Crippen molar-refractivity contribution in [3.05, 3.63) is 35.7 Å². The number of carbonyl (C=O) groups is 1. The van der Waals surface area contributed by atoms with Gasteiger partial charge in [0.15, 0.2) is 11.3 Å². The third kappa shape index (κ3) is 3.31. The molecule has 13 nitrogen and oxygen atoms in total. The number of H-pyrrole nitrogens is 1. The highest BCUT2D eigenvalue weighted by Gasteiger charge is 2.25. The van der Waals surface area contributed by atoms with E-state index < -0.39 is 5.97 Å². The second-order valence-electron chi connectivity index (χ2n) is 6.24. The first kappa shape index (κ1) is 18.9. The van der Waals surface area contributed by atoms with Crippen molar-refractivity contribution < 1.29 is 14.2 Å². The van der Waals surface area contributed by atoms with Crippen LogP contribution in [-0.4, -0.2) is 58.0 Å². The van der Waals surface area contributed by atoms with E-state index in [0.717, 1.165) is 10.9 Å². The van der Waals surface area contributed by atoms with Crippen molar-refractivity contribution in [3.8, 4) is 5.82 Å². The number of thioether (sulfide) groups is 1. The topological polar surface area (TPSA) is 176 Å². The molecule has 31 heavy (non-hydrogen) atoms. The summed E-state index contributed by atoms with van der Waals surface area (Å²) >= 11 is 1.24. The fourth-order valence-corrected chi connectivity index (χ4v) is 3.78. The van der Waals surface area contributed by atoms with Crippen LogP contribution in [0, 0.1) is 0 Å². The van der Waals surface area contributed by atoms with Gasteiger partial charge < -0.3 is 15.5 Å². The minimum atomic E-state index is -0.621. The van der Waals surface area contributed by atoms with E-state index in [1.807, 2.05) is 24.3 Å². The van der Waals surface area contributed by atoms with Gasteiger partial charge in [0.1, 0.15) is 5.52 Å². The summed E-state index contributed by atoms with van der Waals surface area (Å²) in [5.74, 6) is -0.293. The molecule has 156 valence electrons. The molecule has 14 heteroatoms. The zero-order valence-corrected chi connectivity index (χ0v) is 16.8. The maximum atomic E-state index is 12.3. The molecule has 0 bridgehead atoms. The Morgan fingerprint density at radius 2 is 2.13 bits per heavy atom. The lowest BCUT2D eigenvalue weighted by molar-refractivity contribution is 0.0518. The van der Waals surface area contributed by atoms with Gasteiger partial charge >= 0.3 is 5.97 Å². The minimum Gasteiger partial charge on any atom is -0.461 e. The molecule has 0 spiro atoms. The van der Waals surface area contributed by atoms with Crippen molar-refractivity contribution in [2.45, 2.75) is 17.8 Å². The lowest BCUT2D eigenvalue weighted by Crippen LogP contribution is -2.11. The van der Waals surface area contributed by atoms with Gasteiger partial charge in [0.2, 0.25) is 16.8 Å². The number of nitrogens with one attached hydrogen (secondary N) is 1. The number of benzene rings is 1. The fourth-order valence-electron chi connectivity index (χ4n) is 3.00. The first-order valence-corrected chi connectivity index (χ1v) is 10.1. The highest BCUT2D eigenvalue weighted by molar-refractivity contribution is 7.98. The largest absolute Gasteiger partial charge is 0.461 e. The second-order valence-corrected chi connectivity index (χ2v) is 7.18. The molecule has 5 rings (SSSR count). The maximum Gasteiger partial charge on any atom is 0.360 e. The average Bonchev–Trinajstić information content (AvgIpc) is 3.47. The normalized spacial score (nSPS) is 11.4. The number of nitrogens with two attached hydrogens (primary N) is 1. The van der Waals surface area contributed by atoms with Crippen molar-refractivity contribution >= 4 is 45.6 Å². The Balaban J connectivity index is 1.49. The number of rotatable bonds is 6. The minimum absolute atomic E-state index is 0.00368. The molecule has 3 N–H and O–H groups in total. The summed E-state index contributed by atoms with van der Waals surface area (Å²) in [6.07, 6.45) is 0. The predicted octanol–water partition coefficient (Wildman–Crippen LogP) is 1.52. The third-order valence-electron chi connectivity index (χ3n) is 4.37. The van der Waals surface area contributed by atoms with E-state index in [4.69, 9.17) is 10.5 Å². The number of nitrogens with zero attached hydrogens (tertiary/aromatic N) is 8. The van der Waals surface area contributed by atoms with E-state index in [-0.39, 0.29) is 29.7 Å². The van der Waals surface area contributed by atoms with Gasteiger partial charge in [-0.15, -0.1) is 15.3 Å². The summed E-state index contributed by atoms with van der Waals surface area (Å²) in [6.45, 7) is 1.89. The van der Waals surface area contributed by atoms with Crippen LogP contribution in [0.4, 0.5) is 5.82 Å². The maximum absolute atomic E-state index is 12.3. The summed E-state index contributed by atoms with van der Waals surface area (Å²) in [7, 11) is 0. The monoisotopic (exact) mass is 438 g/mol. The quantitative estimate of drug-likeness (QED) is 0.289. The number of para-hydroxylation sites is 1. The number of esters is 1. The van der Waals surface area contributed by atoms with Crippen LogP contribution in [0.5, 0.6) is 0 Å². The van der Waals surface area contributed by atoms with Crippen molar-refractivity contribution in [2.24, 2.45) is 0 Å². The molecule has 0 amide bonds. The number of nitrogen functional groups attached to an aromatic ring is 1. The van der Waals surface area contributed by atoms with E-state index in [2.05, 4.69) is 45.4 Å². The number of ether oxygens (including phenoxy) is 1. The van der Waals surface area contributed by atoms with Crippen LogP contribution in [0.2, 0.25) is 0 Å². The van der Waals surface area contributed by atoms with Crippen molar-refractivity contribution in [2.75, 3.05) is 12.3 Å². The molecular weight excluding hydrogens is 424 g/mol. The number of aromatic amines is 1. The Bertz CT molecular complexity index is 1410. The van der Waals surface area contributed by atoms with Crippen molar-refractivity contribution in [3.63, 3.8) is 0 Å². The second kappa shape index (κ2) is 7.64. The summed E-state index contributed by atoms with van der Waals surface area (Å²) < 4.78 is 11.0. The Kier molecular flexibility index (Phi) is 4.66. The SMILES string of the molecule is CCOC(=O)c1nnn(-c2nonc2N)c1CSc1nnc2c(n1)[nH]c1ccccc12. The van der Waals surface area contributed by atoms with Gasteiger partial charge in [0.25, 0.3) is 0 Å². The number of carbonyl (C=O) groups excluding carboxylic acids is 1. The summed E-state index contributed by atoms with van der Waals surface area (Å²) in [4.78, 5) is 20.1. The molecule has 0 atom stereocenters. The van der Waals surface area contributed by atoms with Crippen LogP contribution in [0.1, 0.15) is 23.1 Å². The number of hydrogen-bond acceptors (Lipinski definition) is 12. The van der Waals surface area contributed by atoms with Gasteiger partial charge in [-0.3, -0.25) is 0 Å². The van der Waals surface area contributed by atoms with Gasteiger partial charge in [0.05, 0.1) is 12.3 Å². The van der Waals surface area contributed by atoms with Crippen LogP contribution in [0.3, 0.4) is 0 Å². The van der Waals surface area contributed by atoms with Crippen LogP contribution in [0.25, 0.3) is 27.9 Å². The molecule has 0 saturated carbocycles. The Hall–Kier alpha value is -4.07. The molecule has 0 radical (unpaired) electrons. The third-order valence-corrected chi connectivity index (χ3v) is 5.22. The zero-order valence-electron chi connectivity index (χ0n) is 16.0. The molecule has 1 aromatic carbocycles. The van der Waals surface area contributed by atoms with Gasteiger partial charge in [-0.2, -0.15) is 4.68 Å². The molecule has 0 fully saturated rings. The van der Waals surface area contributed by atoms with Gasteiger partial charge in [-0.25, -0.2) is 14.4 Å². The van der Waals surface area contributed by atoms with Gasteiger partial charge in [0, 0.05) is 16.7 Å². The van der Waals surface area contributed by atoms with Crippen molar-refractivity contribution in [1.29, 1.82) is 0 Å². The number of anilines is 1. The van der Waals surface area contributed by atoms with E-state index in [9.17, 15) is 4.79 Å². The molecule has 0 saturated heterocycles. The first-order valence-electron chi connectivity index (χ1n) is 9.09. The lowest BCUT2D eigenvalue weighted by atomic mass is 10.2. The smallest absolute Gasteiger partial charge is 0.360 e. The summed E-state index contributed by atoms with van der Waals surface area (Å²) in [5, 5.41) is 25.0. The first-order chi connectivity index (χ1) is 15.2. The number of aromatic nitrogens is 9. The molecule has 0 aliphatic rings.